The molecule has 0 aliphatic heterocycles. The highest BCUT2D eigenvalue weighted by molar-refractivity contribution is 14.2. The van der Waals surface area contributed by atoms with Crippen molar-refractivity contribution in [2.75, 3.05) is 46.2 Å². The third kappa shape index (κ3) is 16.9. The second-order valence-electron chi connectivity index (χ2n) is 18.2. The fourth-order valence-electron chi connectivity index (χ4n) is 8.17. The van der Waals surface area contributed by atoms with Crippen LogP contribution in [0.4, 0.5) is 0 Å². The molecular formula is C43H72INO5. The Kier molecular flexibility index (Phi) is 17.4. The first kappa shape index (κ1) is 44.6. The zero-order valence-electron chi connectivity index (χ0n) is 34.0. The van der Waals surface area contributed by atoms with Crippen molar-refractivity contribution in [2.24, 2.45) is 14.0 Å². The minimum absolute atomic E-state index is 0.0322. The molecule has 0 aliphatic carbocycles. The summed E-state index contributed by atoms with van der Waals surface area (Å²) in [6, 6.07) is 17.2. The molecule has 0 atom stereocenters. The van der Waals surface area contributed by atoms with Gasteiger partial charge in [0.15, 0.2) is 0 Å². The summed E-state index contributed by atoms with van der Waals surface area (Å²) in [4.78, 5) is 0. The van der Waals surface area contributed by atoms with Gasteiger partial charge in [-0.05, 0) is 138 Å². The van der Waals surface area contributed by atoms with Gasteiger partial charge in [-0.1, -0.05) is 86.6 Å². The smallest absolute Gasteiger partial charge is 0.119 e. The topological polar surface area (TPSA) is 69.5 Å². The molecule has 0 spiro atoms. The van der Waals surface area contributed by atoms with E-state index in [9.17, 15) is 0 Å². The van der Waals surface area contributed by atoms with Gasteiger partial charge in [-0.3, -0.25) is 3.15 Å². The van der Waals surface area contributed by atoms with Crippen LogP contribution in [0.1, 0.15) is 133 Å². The van der Waals surface area contributed by atoms with Crippen molar-refractivity contribution in [3.8, 4) is 11.5 Å². The minimum Gasteiger partial charge on any atom is -0.491 e. The lowest BCUT2D eigenvalue weighted by atomic mass is 9.67. The molecule has 0 saturated carbocycles. The van der Waals surface area contributed by atoms with Gasteiger partial charge in [-0.25, -0.2) is 0 Å². The normalized spacial score (nSPS) is 13.8. The van der Waals surface area contributed by atoms with E-state index < -0.39 is 0 Å². The van der Waals surface area contributed by atoms with Gasteiger partial charge in [0.25, 0.3) is 0 Å². The van der Waals surface area contributed by atoms with E-state index in [1.807, 2.05) is 0 Å². The molecule has 0 amide bonds. The van der Waals surface area contributed by atoms with E-state index in [0.717, 1.165) is 50.2 Å². The molecule has 2 aromatic carbocycles. The Morgan fingerprint density at radius 2 is 0.960 bits per heavy atom. The third-order valence-corrected chi connectivity index (χ3v) is 12.2. The standard InChI is InChI=1S/C43H72INO5/c1-14-24-47-26-28-49-36-21-17-35(18-22-36)41(8,9)31-39(4,5)33-43(12,13)45-44-42(10,11)32-38(2,3)30-40(6,7)34-15-19-37(20-16-34)50-29-27-48-25-23-46/h15-22,46H,14,23-33H2,1-13H3. The number of rotatable bonds is 24. The summed E-state index contributed by atoms with van der Waals surface area (Å²) in [5.41, 5.74) is 2.97. The first-order valence-electron chi connectivity index (χ1n) is 18.7. The van der Waals surface area contributed by atoms with Crippen LogP contribution in [0.25, 0.3) is 0 Å². The largest absolute Gasteiger partial charge is 0.491 e. The number of hydrogen-bond donors (Lipinski definition) is 1. The highest BCUT2D eigenvalue weighted by atomic mass is 127. The van der Waals surface area contributed by atoms with Crippen LogP contribution in [0.2, 0.25) is 0 Å². The molecule has 0 aromatic heterocycles. The zero-order chi connectivity index (χ0) is 37.7. The fraction of sp³-hybridized carbons (Fsp3) is 0.721. The Balaban J connectivity index is 1.97. The Morgan fingerprint density at radius 3 is 1.38 bits per heavy atom. The van der Waals surface area contributed by atoms with Gasteiger partial charge in [0.2, 0.25) is 0 Å². The predicted octanol–water partition coefficient (Wildman–Crippen LogP) is 11.5. The van der Waals surface area contributed by atoms with E-state index in [1.165, 1.54) is 11.1 Å². The number of benzene rings is 2. The first-order valence-corrected chi connectivity index (χ1v) is 20.8. The molecule has 0 fully saturated rings. The molecule has 0 saturated heterocycles. The Morgan fingerprint density at radius 1 is 0.540 bits per heavy atom. The monoisotopic (exact) mass is 809 g/mol. The second kappa shape index (κ2) is 19.5. The quantitative estimate of drug-likeness (QED) is 0.0650. The molecule has 2 rings (SSSR count). The number of aliphatic hydroxyl groups is 1. The van der Waals surface area contributed by atoms with Gasteiger partial charge >= 0.3 is 0 Å². The first-order chi connectivity index (χ1) is 23.1. The molecule has 0 aliphatic rings. The summed E-state index contributed by atoms with van der Waals surface area (Å²) in [6.07, 6.45) is 5.41. The maximum Gasteiger partial charge on any atom is 0.119 e. The summed E-state index contributed by atoms with van der Waals surface area (Å²) < 4.78 is 28.3. The van der Waals surface area contributed by atoms with E-state index in [-0.39, 0.29) is 58.3 Å². The molecule has 0 radical (unpaired) electrons. The van der Waals surface area contributed by atoms with Gasteiger partial charge in [0, 0.05) is 10.0 Å². The summed E-state index contributed by atoms with van der Waals surface area (Å²) in [5, 5.41) is 8.85. The van der Waals surface area contributed by atoms with Crippen LogP contribution in [-0.2, 0) is 20.3 Å². The average molecular weight is 810 g/mol. The van der Waals surface area contributed by atoms with E-state index >= 15 is 0 Å². The van der Waals surface area contributed by atoms with Crippen LogP contribution in [0, 0.1) is 10.8 Å². The van der Waals surface area contributed by atoms with Crippen LogP contribution in [0.15, 0.2) is 51.7 Å². The third-order valence-electron chi connectivity index (χ3n) is 9.00. The molecule has 0 heterocycles. The highest BCUT2D eigenvalue weighted by Gasteiger charge is 2.37. The molecule has 0 bridgehead atoms. The minimum atomic E-state index is -0.375. The van der Waals surface area contributed by atoms with Crippen LogP contribution in [0.5, 0.6) is 11.5 Å². The van der Waals surface area contributed by atoms with E-state index in [4.69, 9.17) is 27.2 Å². The van der Waals surface area contributed by atoms with Crippen LogP contribution >= 0.6 is 21.0 Å². The molecule has 286 valence electrons. The van der Waals surface area contributed by atoms with Crippen molar-refractivity contribution in [1.82, 2.24) is 0 Å². The van der Waals surface area contributed by atoms with Gasteiger partial charge in [-0.15, -0.1) is 0 Å². The van der Waals surface area contributed by atoms with Gasteiger partial charge in [0.1, 0.15) is 24.7 Å². The van der Waals surface area contributed by atoms with Crippen LogP contribution in [0.3, 0.4) is 0 Å². The number of ether oxygens (including phenoxy) is 4. The SMILES string of the molecule is CCCOCCOc1ccc(C(C)(C)CC(C)(C)CC(C)(C)N=IC(C)(C)CC(C)(C)CC(C)(C)c2ccc(OCCOCCO)cc2)cc1. The van der Waals surface area contributed by atoms with Crippen molar-refractivity contribution in [2.45, 2.75) is 142 Å². The Bertz CT molecular complexity index is 1180. The van der Waals surface area contributed by atoms with Gasteiger partial charge in [0.05, 0.1) is 32.0 Å². The summed E-state index contributed by atoms with van der Waals surface area (Å²) in [5.74, 6) is 1.75. The average Bonchev–Trinajstić information content (AvgIpc) is 2.98. The Hall–Kier alpha value is -1.55. The Labute approximate surface area is 317 Å². The number of nitrogens with zero attached hydrogens (tertiary/aromatic N) is 1. The molecule has 50 heavy (non-hydrogen) atoms. The van der Waals surface area contributed by atoms with Crippen LogP contribution in [-0.4, -0.2) is 60.3 Å². The maximum atomic E-state index is 8.85. The molecule has 1 N–H and O–H groups in total. The van der Waals surface area contributed by atoms with Crippen molar-refractivity contribution in [3.05, 3.63) is 59.7 Å². The number of hydrogen-bond acceptors (Lipinski definition) is 6. The predicted molar refractivity (Wildman–Crippen MR) is 220 cm³/mol. The lowest BCUT2D eigenvalue weighted by Crippen LogP contribution is -2.33. The molecule has 0 unspecified atom stereocenters. The van der Waals surface area contributed by atoms with E-state index in [1.54, 1.807) is 0 Å². The van der Waals surface area contributed by atoms with Gasteiger partial charge in [-0.2, -0.15) is 0 Å². The van der Waals surface area contributed by atoms with Crippen LogP contribution < -0.4 is 9.47 Å². The zero-order valence-corrected chi connectivity index (χ0v) is 36.2. The van der Waals surface area contributed by atoms with Crippen molar-refractivity contribution < 1.29 is 24.1 Å². The molecule has 7 heteroatoms. The number of alkyl halides is 1. The van der Waals surface area contributed by atoms with Crippen molar-refractivity contribution in [1.29, 1.82) is 0 Å². The lowest BCUT2D eigenvalue weighted by molar-refractivity contribution is 0.0705. The molecular weight excluding hydrogens is 737 g/mol. The van der Waals surface area contributed by atoms with E-state index in [0.29, 0.717) is 33.0 Å². The van der Waals surface area contributed by atoms with E-state index in [2.05, 4.69) is 139 Å². The van der Waals surface area contributed by atoms with Crippen molar-refractivity contribution >= 4 is 21.0 Å². The summed E-state index contributed by atoms with van der Waals surface area (Å²) in [6.45, 7) is 34.2. The lowest BCUT2D eigenvalue weighted by Gasteiger charge is -2.40. The number of halogens is 1. The maximum absolute atomic E-state index is 8.85. The summed E-state index contributed by atoms with van der Waals surface area (Å²) >= 11 is -0.375. The van der Waals surface area contributed by atoms with Gasteiger partial charge < -0.3 is 24.1 Å². The van der Waals surface area contributed by atoms with Crippen molar-refractivity contribution in [3.63, 3.8) is 0 Å². The fourth-order valence-corrected chi connectivity index (χ4v) is 10.9. The highest BCUT2D eigenvalue weighted by Crippen LogP contribution is 2.47. The molecule has 6 nitrogen and oxygen atoms in total. The summed E-state index contributed by atoms with van der Waals surface area (Å²) in [7, 11) is 0. The molecule has 2 aromatic rings. The number of aliphatic hydroxyl groups excluding tert-OH is 1. The second-order valence-corrected chi connectivity index (χ2v) is 22.1.